The highest BCUT2D eigenvalue weighted by Gasteiger charge is 2.21. The largest absolute Gasteiger partial charge is 0.353 e. The van der Waals surface area contributed by atoms with Crippen LogP contribution in [0.1, 0.15) is 50.2 Å². The van der Waals surface area contributed by atoms with E-state index in [1.807, 2.05) is 6.20 Å². The minimum Gasteiger partial charge on any atom is -0.353 e. The van der Waals surface area contributed by atoms with Gasteiger partial charge in [0.05, 0.1) is 0 Å². The fraction of sp³-hybridized carbons (Fsp3) is 0.667. The normalized spacial score (nSPS) is 20.8. The number of alkyl halides is 1. The van der Waals surface area contributed by atoms with Crippen molar-refractivity contribution in [2.75, 3.05) is 11.4 Å². The van der Waals surface area contributed by atoms with E-state index in [1.165, 1.54) is 37.7 Å². The Morgan fingerprint density at radius 3 is 2.89 bits per heavy atom. The number of pyridine rings is 1. The van der Waals surface area contributed by atoms with Crippen LogP contribution >= 0.6 is 11.6 Å². The van der Waals surface area contributed by atoms with E-state index in [0.29, 0.717) is 11.9 Å². The predicted molar refractivity (Wildman–Crippen MR) is 78.4 cm³/mol. The lowest BCUT2D eigenvalue weighted by molar-refractivity contribution is 0.551. The summed E-state index contributed by atoms with van der Waals surface area (Å²) in [5, 5.41) is 0. The number of halogens is 1. The lowest BCUT2D eigenvalue weighted by atomic mass is 10.1. The van der Waals surface area contributed by atoms with Gasteiger partial charge in [0.25, 0.3) is 0 Å². The van der Waals surface area contributed by atoms with Crippen LogP contribution in [0.4, 0.5) is 5.82 Å². The molecule has 1 unspecified atom stereocenters. The summed E-state index contributed by atoms with van der Waals surface area (Å²) in [5.41, 5.74) is 2.37. The third kappa shape index (κ3) is 2.97. The van der Waals surface area contributed by atoms with Crippen LogP contribution in [0.2, 0.25) is 0 Å². The molecule has 1 aromatic heterocycles. The van der Waals surface area contributed by atoms with Crippen LogP contribution in [0.15, 0.2) is 12.3 Å². The molecular formula is C15H23ClN2. The summed E-state index contributed by atoms with van der Waals surface area (Å²) in [6, 6.07) is 2.83. The zero-order valence-corrected chi connectivity index (χ0v) is 12.2. The quantitative estimate of drug-likeness (QED) is 0.759. The minimum absolute atomic E-state index is 0.547. The molecule has 0 aliphatic carbocycles. The van der Waals surface area contributed by atoms with Gasteiger partial charge in [0, 0.05) is 24.7 Å². The van der Waals surface area contributed by atoms with Crippen molar-refractivity contribution >= 4 is 17.4 Å². The molecule has 0 spiro atoms. The van der Waals surface area contributed by atoms with E-state index in [2.05, 4.69) is 29.8 Å². The van der Waals surface area contributed by atoms with Crippen LogP contribution in [0, 0.1) is 6.92 Å². The van der Waals surface area contributed by atoms with Gasteiger partial charge in [-0.05, 0) is 43.4 Å². The van der Waals surface area contributed by atoms with E-state index < -0.39 is 0 Å². The summed E-state index contributed by atoms with van der Waals surface area (Å²) in [6.45, 7) is 5.58. The standard InChI is InChI=1S/C15H23ClN2/c1-3-14-7-5-4-6-8-18(14)15-12(2)9-13(10-16)11-17-15/h9,11,14H,3-8,10H2,1-2H3. The van der Waals surface area contributed by atoms with Crippen LogP contribution in [0.5, 0.6) is 0 Å². The van der Waals surface area contributed by atoms with Crippen molar-refractivity contribution in [3.63, 3.8) is 0 Å². The van der Waals surface area contributed by atoms with Crippen molar-refractivity contribution in [3.8, 4) is 0 Å². The summed E-state index contributed by atoms with van der Waals surface area (Å²) >= 11 is 5.87. The summed E-state index contributed by atoms with van der Waals surface area (Å²) in [4.78, 5) is 7.17. The van der Waals surface area contributed by atoms with Crippen LogP contribution in [-0.4, -0.2) is 17.6 Å². The number of anilines is 1. The predicted octanol–water partition coefficient (Wildman–Crippen LogP) is 4.29. The van der Waals surface area contributed by atoms with Crippen molar-refractivity contribution in [2.24, 2.45) is 0 Å². The Balaban J connectivity index is 2.27. The second kappa shape index (κ2) is 6.42. The molecule has 18 heavy (non-hydrogen) atoms. The zero-order chi connectivity index (χ0) is 13.0. The highest BCUT2D eigenvalue weighted by Crippen LogP contribution is 2.27. The van der Waals surface area contributed by atoms with Gasteiger partial charge >= 0.3 is 0 Å². The SMILES string of the molecule is CCC1CCCCCN1c1ncc(CCl)cc1C. The smallest absolute Gasteiger partial charge is 0.131 e. The molecule has 100 valence electrons. The minimum atomic E-state index is 0.547. The van der Waals surface area contributed by atoms with Crippen molar-refractivity contribution in [1.29, 1.82) is 0 Å². The second-order valence-corrected chi connectivity index (χ2v) is 5.49. The van der Waals surface area contributed by atoms with Crippen LogP contribution in [0.3, 0.4) is 0 Å². The van der Waals surface area contributed by atoms with Gasteiger partial charge in [0.1, 0.15) is 5.82 Å². The number of hydrogen-bond acceptors (Lipinski definition) is 2. The number of nitrogens with zero attached hydrogens (tertiary/aromatic N) is 2. The Hall–Kier alpha value is -0.760. The third-order valence-corrected chi connectivity index (χ3v) is 4.19. The Kier molecular flexibility index (Phi) is 4.87. The number of rotatable bonds is 3. The molecule has 0 amide bonds. The van der Waals surface area contributed by atoms with Crippen molar-refractivity contribution in [2.45, 2.75) is 57.9 Å². The summed E-state index contributed by atoms with van der Waals surface area (Å²) in [6.07, 6.45) is 8.43. The third-order valence-electron chi connectivity index (χ3n) is 3.88. The molecule has 1 aliphatic heterocycles. The Labute approximate surface area is 115 Å². The number of aromatic nitrogens is 1. The lowest BCUT2D eigenvalue weighted by Gasteiger charge is -2.31. The van der Waals surface area contributed by atoms with E-state index >= 15 is 0 Å². The first-order chi connectivity index (χ1) is 8.76. The molecule has 0 radical (unpaired) electrons. The zero-order valence-electron chi connectivity index (χ0n) is 11.5. The molecule has 1 atom stereocenters. The van der Waals surface area contributed by atoms with Gasteiger partial charge < -0.3 is 4.90 Å². The highest BCUT2D eigenvalue weighted by molar-refractivity contribution is 6.17. The number of aryl methyl sites for hydroxylation is 1. The number of hydrogen-bond donors (Lipinski definition) is 0. The maximum absolute atomic E-state index is 5.87. The van der Waals surface area contributed by atoms with E-state index in [4.69, 9.17) is 11.6 Å². The highest BCUT2D eigenvalue weighted by atomic mass is 35.5. The summed E-state index contributed by atoms with van der Waals surface area (Å²) in [5.74, 6) is 1.71. The molecule has 0 bridgehead atoms. The van der Waals surface area contributed by atoms with Gasteiger partial charge in [0.2, 0.25) is 0 Å². The maximum Gasteiger partial charge on any atom is 0.131 e. The van der Waals surface area contributed by atoms with Crippen LogP contribution in [0.25, 0.3) is 0 Å². The van der Waals surface area contributed by atoms with E-state index in [1.54, 1.807) is 0 Å². The molecule has 1 aliphatic rings. The van der Waals surface area contributed by atoms with E-state index in [0.717, 1.165) is 17.9 Å². The van der Waals surface area contributed by atoms with Crippen LogP contribution in [-0.2, 0) is 5.88 Å². The molecule has 1 fully saturated rings. The molecule has 2 nitrogen and oxygen atoms in total. The van der Waals surface area contributed by atoms with Crippen LogP contribution < -0.4 is 4.90 Å². The Morgan fingerprint density at radius 2 is 2.22 bits per heavy atom. The molecule has 1 saturated heterocycles. The van der Waals surface area contributed by atoms with Gasteiger partial charge in [-0.25, -0.2) is 4.98 Å². The van der Waals surface area contributed by atoms with Gasteiger partial charge in [-0.3, -0.25) is 0 Å². The Bertz CT molecular complexity index is 392. The average Bonchev–Trinajstić information content (AvgIpc) is 2.63. The molecule has 3 heteroatoms. The van der Waals surface area contributed by atoms with Gasteiger partial charge in [-0.15, -0.1) is 11.6 Å². The molecule has 0 N–H and O–H groups in total. The Morgan fingerprint density at radius 1 is 1.39 bits per heavy atom. The molecule has 2 heterocycles. The average molecular weight is 267 g/mol. The van der Waals surface area contributed by atoms with Gasteiger partial charge in [-0.1, -0.05) is 19.8 Å². The lowest BCUT2D eigenvalue weighted by Crippen LogP contribution is -2.35. The molecule has 1 aromatic rings. The van der Waals surface area contributed by atoms with Crippen molar-refractivity contribution in [1.82, 2.24) is 4.98 Å². The van der Waals surface area contributed by atoms with Gasteiger partial charge in [0.15, 0.2) is 0 Å². The topological polar surface area (TPSA) is 16.1 Å². The summed E-state index contributed by atoms with van der Waals surface area (Å²) in [7, 11) is 0. The fourth-order valence-electron chi connectivity index (χ4n) is 2.88. The monoisotopic (exact) mass is 266 g/mol. The van der Waals surface area contributed by atoms with E-state index in [9.17, 15) is 0 Å². The molecule has 0 aromatic carbocycles. The van der Waals surface area contributed by atoms with Gasteiger partial charge in [-0.2, -0.15) is 0 Å². The second-order valence-electron chi connectivity index (χ2n) is 5.22. The van der Waals surface area contributed by atoms with Crippen molar-refractivity contribution < 1.29 is 0 Å². The summed E-state index contributed by atoms with van der Waals surface area (Å²) < 4.78 is 0. The maximum atomic E-state index is 5.87. The molecular weight excluding hydrogens is 244 g/mol. The first kappa shape index (κ1) is 13.7. The van der Waals surface area contributed by atoms with E-state index in [-0.39, 0.29) is 0 Å². The first-order valence-electron chi connectivity index (χ1n) is 7.04. The molecule has 0 saturated carbocycles. The molecule has 2 rings (SSSR count). The fourth-order valence-corrected chi connectivity index (χ4v) is 3.03. The first-order valence-corrected chi connectivity index (χ1v) is 7.57. The van der Waals surface area contributed by atoms with Crippen molar-refractivity contribution in [3.05, 3.63) is 23.4 Å².